The van der Waals surface area contributed by atoms with Gasteiger partial charge in [-0.3, -0.25) is 9.59 Å². The molecule has 1 aliphatic heterocycles. The lowest BCUT2D eigenvalue weighted by Gasteiger charge is -2.12. The molecule has 3 rings (SSSR count). The van der Waals surface area contributed by atoms with E-state index < -0.39 is 50.2 Å². The van der Waals surface area contributed by atoms with Crippen molar-refractivity contribution in [1.82, 2.24) is 5.06 Å². The lowest BCUT2D eigenvalue weighted by molar-refractivity contribution is -1.04. The van der Waals surface area contributed by atoms with Crippen molar-refractivity contribution in [3.05, 3.63) is 61.2 Å². The number of para-hydroxylation sites is 1. The van der Waals surface area contributed by atoms with Crippen LogP contribution in [0.15, 0.2) is 48.5 Å². The molecule has 32 heavy (non-hydrogen) atoms. The predicted molar refractivity (Wildman–Crippen MR) is 95.5 cm³/mol. The summed E-state index contributed by atoms with van der Waals surface area (Å²) in [5, 5.41) is 0.384. The fourth-order valence-electron chi connectivity index (χ4n) is 2.56. The number of amides is 2. The molecular weight excluding hydrogens is 550 g/mol. The van der Waals surface area contributed by atoms with Crippen molar-refractivity contribution in [2.24, 2.45) is 0 Å². The highest BCUT2D eigenvalue weighted by Crippen LogP contribution is 2.16. The van der Waals surface area contributed by atoms with E-state index >= 15 is 0 Å². The van der Waals surface area contributed by atoms with Crippen LogP contribution in [0.1, 0.15) is 23.2 Å². The second kappa shape index (κ2) is 9.54. The zero-order valence-electron chi connectivity index (χ0n) is 16.3. The summed E-state index contributed by atoms with van der Waals surface area (Å²) in [5.74, 6) is -4.37. The van der Waals surface area contributed by atoms with Gasteiger partial charge in [-0.05, 0) is 36.4 Å². The first-order valence-electron chi connectivity index (χ1n) is 8.92. The number of ether oxygens (including phenoxy) is 1. The van der Waals surface area contributed by atoms with E-state index in [1.165, 1.54) is 43.5 Å². The van der Waals surface area contributed by atoms with E-state index in [9.17, 15) is 32.3 Å². The van der Waals surface area contributed by atoms with Crippen LogP contribution in [0.2, 0.25) is 0 Å². The third kappa shape index (κ3) is 5.18. The molecule has 169 valence electrons. The van der Waals surface area contributed by atoms with Crippen LogP contribution in [0.3, 0.4) is 0 Å². The maximum absolute atomic E-state index is 12.8. The molecule has 0 aliphatic carbocycles. The molecular formula is C20H15F3INO7+. The Labute approximate surface area is 187 Å². The molecule has 8 nitrogen and oxygen atoms in total. The fourth-order valence-corrected chi connectivity index (χ4v) is 6.81. The van der Waals surface area contributed by atoms with Crippen LogP contribution in [-0.2, 0) is 22.3 Å². The standard InChI is InChI=1S/C20H15F3INO7/c1-30-15-5-3-2-4-14(15)24(31-19(29)20(21,22)23)13-8-6-12(7-9-13)18(28)32-25-16(26)10-11-17(25)27/h2-9H,10-11H2,1H3/q+1. The Hall–Kier alpha value is -3.16. The number of carbonyl (C=O) groups excluding carboxylic acids is 4. The molecule has 2 aromatic carbocycles. The lowest BCUT2D eigenvalue weighted by Crippen LogP contribution is -3.85. The number of hydrogen-bond donors (Lipinski definition) is 0. The Morgan fingerprint density at radius 2 is 1.56 bits per heavy atom. The Morgan fingerprint density at radius 3 is 2.12 bits per heavy atom. The van der Waals surface area contributed by atoms with E-state index in [1.807, 2.05) is 0 Å². The maximum atomic E-state index is 12.8. The second-order valence-electron chi connectivity index (χ2n) is 6.21. The van der Waals surface area contributed by atoms with Gasteiger partial charge < -0.3 is 9.57 Å². The third-order valence-corrected chi connectivity index (χ3v) is 8.72. The van der Waals surface area contributed by atoms with Gasteiger partial charge in [0.2, 0.25) is 3.57 Å². The number of rotatable bonds is 6. The average Bonchev–Trinajstić information content (AvgIpc) is 3.08. The molecule has 1 saturated heterocycles. The quantitative estimate of drug-likeness (QED) is 0.348. The first-order chi connectivity index (χ1) is 15.1. The van der Waals surface area contributed by atoms with Gasteiger partial charge in [-0.15, -0.1) is 5.06 Å². The molecule has 0 spiro atoms. The molecule has 1 aliphatic rings. The predicted octanol–water partition coefficient (Wildman–Crippen LogP) is -0.399. The molecule has 2 aromatic rings. The first kappa shape index (κ1) is 23.5. The average molecular weight is 565 g/mol. The molecule has 12 heteroatoms. The highest BCUT2D eigenvalue weighted by Gasteiger charge is 2.49. The number of imide groups is 1. The fraction of sp³-hybridized carbons (Fsp3) is 0.200. The highest BCUT2D eigenvalue weighted by molar-refractivity contribution is 6.02. The summed E-state index contributed by atoms with van der Waals surface area (Å²) < 4.78 is 49.2. The molecule has 0 unspecified atom stereocenters. The van der Waals surface area contributed by atoms with E-state index in [0.717, 1.165) is 0 Å². The van der Waals surface area contributed by atoms with Gasteiger partial charge in [0, 0.05) is 12.8 Å². The molecule has 1 fully saturated rings. The van der Waals surface area contributed by atoms with E-state index in [-0.39, 0.29) is 27.7 Å². The molecule has 0 saturated carbocycles. The van der Waals surface area contributed by atoms with E-state index in [1.54, 1.807) is 12.1 Å². The number of nitrogens with zero attached hydrogens (tertiary/aromatic N) is 1. The molecule has 0 aromatic heterocycles. The van der Waals surface area contributed by atoms with Gasteiger partial charge in [0.25, 0.3) is 11.8 Å². The van der Waals surface area contributed by atoms with Crippen LogP contribution >= 0.6 is 0 Å². The number of carbonyl (C=O) groups is 4. The minimum Gasteiger partial charge on any atom is -0.492 e. The van der Waals surface area contributed by atoms with Gasteiger partial charge >= 0.3 is 38.3 Å². The van der Waals surface area contributed by atoms with Gasteiger partial charge in [-0.2, -0.15) is 13.2 Å². The van der Waals surface area contributed by atoms with Gasteiger partial charge in [-0.1, -0.05) is 12.1 Å². The number of benzene rings is 2. The van der Waals surface area contributed by atoms with Gasteiger partial charge in [0.15, 0.2) is 9.32 Å². The number of hydroxylamine groups is 2. The molecule has 2 amide bonds. The summed E-state index contributed by atoms with van der Waals surface area (Å²) in [6, 6.07) is 11.3. The minimum absolute atomic E-state index is 0.0563. The Balaban J connectivity index is 1.88. The molecule has 1 heterocycles. The summed E-state index contributed by atoms with van der Waals surface area (Å²) in [6.07, 6.45) is -5.32. The minimum atomic E-state index is -5.18. The Bertz CT molecular complexity index is 1040. The van der Waals surface area contributed by atoms with E-state index in [2.05, 4.69) is 0 Å². The monoisotopic (exact) mass is 565 g/mol. The topological polar surface area (TPSA) is 99.2 Å². The highest BCUT2D eigenvalue weighted by atomic mass is 127. The second-order valence-corrected chi connectivity index (χ2v) is 10.5. The van der Waals surface area contributed by atoms with Gasteiger partial charge in [0.1, 0.15) is 0 Å². The summed E-state index contributed by atoms with van der Waals surface area (Å²) in [6.45, 7) is 0. The van der Waals surface area contributed by atoms with Crippen molar-refractivity contribution < 1.29 is 65.2 Å². The first-order valence-corrected chi connectivity index (χ1v) is 12.0. The van der Waals surface area contributed by atoms with Gasteiger partial charge in [0.05, 0.1) is 12.7 Å². The molecule has 0 atom stereocenters. The van der Waals surface area contributed by atoms with E-state index in [4.69, 9.17) is 12.6 Å². The van der Waals surface area contributed by atoms with Crippen LogP contribution < -0.4 is 25.0 Å². The molecule has 0 N–H and O–H groups in total. The van der Waals surface area contributed by atoms with Crippen molar-refractivity contribution in [2.45, 2.75) is 19.0 Å². The maximum Gasteiger partial charge on any atom is 0.496 e. The Kier molecular flexibility index (Phi) is 7.01. The van der Waals surface area contributed by atoms with Crippen molar-refractivity contribution in [1.29, 1.82) is 0 Å². The lowest BCUT2D eigenvalue weighted by atomic mass is 10.2. The molecule has 1 radical (unpaired) electrons. The number of methoxy groups -OCH3 is 1. The zero-order valence-corrected chi connectivity index (χ0v) is 18.5. The summed E-state index contributed by atoms with van der Waals surface area (Å²) in [5.41, 5.74) is -0.0563. The largest absolute Gasteiger partial charge is 0.496 e. The third-order valence-electron chi connectivity index (χ3n) is 4.08. The van der Waals surface area contributed by atoms with Gasteiger partial charge in [-0.25, -0.2) is 12.7 Å². The smallest absolute Gasteiger partial charge is 0.492 e. The number of halogens is 4. The van der Waals surface area contributed by atoms with Crippen LogP contribution in [0.4, 0.5) is 13.2 Å². The van der Waals surface area contributed by atoms with Crippen molar-refractivity contribution in [2.75, 3.05) is 7.11 Å². The summed E-state index contributed by atoms with van der Waals surface area (Å²) in [7, 11) is 1.33. The number of hydrogen-bond acceptors (Lipinski definition) is 7. The van der Waals surface area contributed by atoms with E-state index in [0.29, 0.717) is 8.63 Å². The number of alkyl halides is 3. The SMILES string of the molecule is COc1ccccc1[I+](OC(=O)C(F)(F)F)c1ccc(C(=O)ON2C(=O)CCC2=O)cc1. The van der Waals surface area contributed by atoms with Crippen molar-refractivity contribution in [3.8, 4) is 5.75 Å². The zero-order chi connectivity index (χ0) is 23.5. The summed E-state index contributed by atoms with van der Waals surface area (Å²) >= 11 is -3.46. The van der Waals surface area contributed by atoms with Crippen LogP contribution in [-0.4, -0.2) is 42.1 Å². The van der Waals surface area contributed by atoms with Crippen molar-refractivity contribution >= 4 is 23.8 Å². The van der Waals surface area contributed by atoms with Crippen LogP contribution in [0, 0.1) is 7.14 Å². The summed E-state index contributed by atoms with van der Waals surface area (Å²) in [4.78, 5) is 51.8. The molecule has 0 bridgehead atoms. The normalized spacial score (nSPS) is 14.0. The van der Waals surface area contributed by atoms with Crippen LogP contribution in [0.25, 0.3) is 0 Å². The van der Waals surface area contributed by atoms with Crippen molar-refractivity contribution in [3.63, 3.8) is 0 Å². The Morgan fingerprint density at radius 1 is 0.969 bits per heavy atom. The van der Waals surface area contributed by atoms with Crippen LogP contribution in [0.5, 0.6) is 5.75 Å².